The van der Waals surface area contributed by atoms with Crippen LogP contribution in [-0.4, -0.2) is 26.2 Å². The SMILES string of the molecule is COc1cc(OC)c(N[C@@H](C)C(=O)N[C@@H](C)c2ccccc2)cc1Cl. The summed E-state index contributed by atoms with van der Waals surface area (Å²) >= 11 is 6.16. The van der Waals surface area contributed by atoms with Crippen molar-refractivity contribution in [2.24, 2.45) is 0 Å². The number of carbonyl (C=O) groups excluding carboxylic acids is 1. The van der Waals surface area contributed by atoms with Gasteiger partial charge in [0.2, 0.25) is 5.91 Å². The van der Waals surface area contributed by atoms with Gasteiger partial charge in [-0.05, 0) is 25.5 Å². The van der Waals surface area contributed by atoms with Crippen molar-refractivity contribution >= 4 is 23.2 Å². The van der Waals surface area contributed by atoms with Gasteiger partial charge in [0.1, 0.15) is 17.5 Å². The van der Waals surface area contributed by atoms with Gasteiger partial charge in [0, 0.05) is 6.07 Å². The standard InChI is InChI=1S/C19H23ClN2O3/c1-12(14-8-6-5-7-9-14)22-19(23)13(2)21-16-10-15(20)17(24-3)11-18(16)25-4/h5-13,21H,1-4H3,(H,22,23)/t12-,13-/m0/s1. The van der Waals surface area contributed by atoms with E-state index in [4.69, 9.17) is 21.1 Å². The molecule has 2 atom stereocenters. The van der Waals surface area contributed by atoms with Gasteiger partial charge < -0.3 is 20.1 Å². The zero-order chi connectivity index (χ0) is 18.4. The van der Waals surface area contributed by atoms with Gasteiger partial charge in [-0.1, -0.05) is 41.9 Å². The molecule has 0 fully saturated rings. The summed E-state index contributed by atoms with van der Waals surface area (Å²) in [6.45, 7) is 3.73. The lowest BCUT2D eigenvalue weighted by atomic mass is 10.1. The lowest BCUT2D eigenvalue weighted by Crippen LogP contribution is -2.38. The van der Waals surface area contributed by atoms with E-state index in [1.807, 2.05) is 37.3 Å². The largest absolute Gasteiger partial charge is 0.495 e. The van der Waals surface area contributed by atoms with E-state index in [9.17, 15) is 4.79 Å². The van der Waals surface area contributed by atoms with Gasteiger partial charge >= 0.3 is 0 Å². The van der Waals surface area contributed by atoms with Crippen molar-refractivity contribution in [2.75, 3.05) is 19.5 Å². The van der Waals surface area contributed by atoms with Gasteiger partial charge in [-0.2, -0.15) is 0 Å². The molecule has 0 aromatic heterocycles. The molecule has 0 spiro atoms. The average molecular weight is 363 g/mol. The van der Waals surface area contributed by atoms with E-state index in [1.54, 1.807) is 26.2 Å². The van der Waals surface area contributed by atoms with E-state index >= 15 is 0 Å². The van der Waals surface area contributed by atoms with Crippen molar-refractivity contribution < 1.29 is 14.3 Å². The molecule has 0 aliphatic rings. The molecule has 0 bridgehead atoms. The first-order valence-corrected chi connectivity index (χ1v) is 8.37. The maximum atomic E-state index is 12.5. The summed E-state index contributed by atoms with van der Waals surface area (Å²) in [6.07, 6.45) is 0. The van der Waals surface area contributed by atoms with Crippen LogP contribution in [0, 0.1) is 0 Å². The summed E-state index contributed by atoms with van der Waals surface area (Å²) in [7, 11) is 3.09. The Morgan fingerprint density at radius 3 is 2.28 bits per heavy atom. The van der Waals surface area contributed by atoms with Crippen LogP contribution in [0.15, 0.2) is 42.5 Å². The topological polar surface area (TPSA) is 59.6 Å². The second-order valence-electron chi connectivity index (χ2n) is 5.69. The van der Waals surface area contributed by atoms with Crippen LogP contribution in [-0.2, 0) is 4.79 Å². The van der Waals surface area contributed by atoms with Crippen LogP contribution >= 0.6 is 11.6 Å². The number of hydrogen-bond acceptors (Lipinski definition) is 4. The number of ether oxygens (including phenoxy) is 2. The van der Waals surface area contributed by atoms with Gasteiger partial charge in [0.25, 0.3) is 0 Å². The summed E-state index contributed by atoms with van der Waals surface area (Å²) in [6, 6.07) is 12.6. The Balaban J connectivity index is 2.07. The van der Waals surface area contributed by atoms with Crippen molar-refractivity contribution in [3.63, 3.8) is 0 Å². The minimum absolute atomic E-state index is 0.0840. The van der Waals surface area contributed by atoms with Crippen molar-refractivity contribution in [3.05, 3.63) is 53.1 Å². The Morgan fingerprint density at radius 1 is 1.04 bits per heavy atom. The van der Waals surface area contributed by atoms with Crippen molar-refractivity contribution in [1.29, 1.82) is 0 Å². The van der Waals surface area contributed by atoms with Crippen LogP contribution in [0.3, 0.4) is 0 Å². The van der Waals surface area contributed by atoms with E-state index < -0.39 is 6.04 Å². The Labute approximate surface area is 153 Å². The Hall–Kier alpha value is -2.40. The fraction of sp³-hybridized carbons (Fsp3) is 0.316. The second kappa shape index (κ2) is 8.62. The highest BCUT2D eigenvalue weighted by Gasteiger charge is 2.18. The van der Waals surface area contributed by atoms with Gasteiger partial charge in [-0.3, -0.25) is 4.79 Å². The maximum Gasteiger partial charge on any atom is 0.242 e. The maximum absolute atomic E-state index is 12.5. The fourth-order valence-corrected chi connectivity index (χ4v) is 2.68. The third-order valence-corrected chi connectivity index (χ3v) is 4.19. The minimum Gasteiger partial charge on any atom is -0.495 e. The number of carbonyl (C=O) groups is 1. The molecular weight excluding hydrogens is 340 g/mol. The van der Waals surface area contributed by atoms with E-state index in [0.717, 1.165) is 5.56 Å². The molecule has 134 valence electrons. The molecular formula is C19H23ClN2O3. The number of halogens is 1. The third-order valence-electron chi connectivity index (χ3n) is 3.90. The second-order valence-corrected chi connectivity index (χ2v) is 6.10. The van der Waals surface area contributed by atoms with Crippen LogP contribution in [0.5, 0.6) is 11.5 Å². The van der Waals surface area contributed by atoms with Crippen molar-refractivity contribution in [1.82, 2.24) is 5.32 Å². The summed E-state index contributed by atoms with van der Waals surface area (Å²) in [5, 5.41) is 6.56. The number of nitrogens with one attached hydrogen (secondary N) is 2. The molecule has 2 aromatic carbocycles. The zero-order valence-electron chi connectivity index (χ0n) is 14.8. The van der Waals surface area contributed by atoms with Crippen LogP contribution in [0.1, 0.15) is 25.5 Å². The highest BCUT2D eigenvalue weighted by atomic mass is 35.5. The molecule has 0 unspecified atom stereocenters. The van der Waals surface area contributed by atoms with Gasteiger partial charge in [0.05, 0.1) is 31.0 Å². The molecule has 0 aliphatic heterocycles. The number of amides is 1. The normalized spacial score (nSPS) is 12.8. The molecule has 0 saturated carbocycles. The highest BCUT2D eigenvalue weighted by Crippen LogP contribution is 2.36. The molecule has 2 aromatic rings. The molecule has 6 heteroatoms. The Kier molecular flexibility index (Phi) is 6.53. The summed E-state index contributed by atoms with van der Waals surface area (Å²) in [5.41, 5.74) is 1.68. The molecule has 2 rings (SSSR count). The van der Waals surface area contributed by atoms with Gasteiger partial charge in [-0.25, -0.2) is 0 Å². The number of methoxy groups -OCH3 is 2. The van der Waals surface area contributed by atoms with Crippen molar-refractivity contribution in [2.45, 2.75) is 25.9 Å². The first-order chi connectivity index (χ1) is 12.0. The van der Waals surface area contributed by atoms with Gasteiger partial charge in [-0.15, -0.1) is 0 Å². The lowest BCUT2D eigenvalue weighted by Gasteiger charge is -2.21. The van der Waals surface area contributed by atoms with Crippen LogP contribution in [0.4, 0.5) is 5.69 Å². The molecule has 0 saturated heterocycles. The first-order valence-electron chi connectivity index (χ1n) is 7.99. The summed E-state index contributed by atoms with van der Waals surface area (Å²) in [5.74, 6) is 0.946. The Morgan fingerprint density at radius 2 is 1.68 bits per heavy atom. The van der Waals surface area contributed by atoms with Gasteiger partial charge in [0.15, 0.2) is 0 Å². The van der Waals surface area contributed by atoms with Crippen LogP contribution < -0.4 is 20.1 Å². The number of benzene rings is 2. The number of anilines is 1. The predicted octanol–water partition coefficient (Wildman–Crippen LogP) is 4.04. The molecule has 2 N–H and O–H groups in total. The zero-order valence-corrected chi connectivity index (χ0v) is 15.6. The lowest BCUT2D eigenvalue weighted by molar-refractivity contribution is -0.122. The fourth-order valence-electron chi connectivity index (χ4n) is 2.44. The molecule has 25 heavy (non-hydrogen) atoms. The third kappa shape index (κ3) is 4.79. The summed E-state index contributed by atoms with van der Waals surface area (Å²) < 4.78 is 10.5. The molecule has 0 aliphatic carbocycles. The monoisotopic (exact) mass is 362 g/mol. The van der Waals surface area contributed by atoms with E-state index in [1.165, 1.54) is 7.11 Å². The average Bonchev–Trinajstić information content (AvgIpc) is 2.62. The number of hydrogen-bond donors (Lipinski definition) is 2. The smallest absolute Gasteiger partial charge is 0.242 e. The van der Waals surface area contributed by atoms with E-state index in [0.29, 0.717) is 22.2 Å². The molecule has 5 nitrogen and oxygen atoms in total. The molecule has 0 heterocycles. The minimum atomic E-state index is -0.468. The van der Waals surface area contributed by atoms with E-state index in [-0.39, 0.29) is 11.9 Å². The number of rotatable bonds is 7. The highest BCUT2D eigenvalue weighted by molar-refractivity contribution is 6.32. The quantitative estimate of drug-likeness (QED) is 0.780. The van der Waals surface area contributed by atoms with Crippen molar-refractivity contribution in [3.8, 4) is 11.5 Å². The predicted molar refractivity (Wildman–Crippen MR) is 101 cm³/mol. The van der Waals surface area contributed by atoms with Crippen LogP contribution in [0.25, 0.3) is 0 Å². The Bertz CT molecular complexity index is 722. The van der Waals surface area contributed by atoms with Crippen LogP contribution in [0.2, 0.25) is 5.02 Å². The molecule has 1 amide bonds. The summed E-state index contributed by atoms with van der Waals surface area (Å²) in [4.78, 5) is 12.5. The van der Waals surface area contributed by atoms with E-state index in [2.05, 4.69) is 10.6 Å². The first kappa shape index (κ1) is 18.9. The molecule has 0 radical (unpaired) electrons.